The molecule has 0 atom stereocenters. The lowest BCUT2D eigenvalue weighted by atomic mass is 10.4. The van der Waals surface area contributed by atoms with Gasteiger partial charge in [0.25, 0.3) is 0 Å². The van der Waals surface area contributed by atoms with Crippen molar-refractivity contribution in [1.29, 1.82) is 0 Å². The van der Waals surface area contributed by atoms with Gasteiger partial charge in [0.1, 0.15) is 4.75 Å². The van der Waals surface area contributed by atoms with E-state index < -0.39 is 10.9 Å². The van der Waals surface area contributed by atoms with Gasteiger partial charge < -0.3 is 0 Å². The number of halogens is 3. The fraction of sp³-hybridized carbons (Fsp3) is 0.444. The molecular weight excluding hydrogens is 211 g/mol. The van der Waals surface area contributed by atoms with Crippen molar-refractivity contribution in [3.05, 3.63) is 24.4 Å². The van der Waals surface area contributed by atoms with E-state index >= 15 is 0 Å². The van der Waals surface area contributed by atoms with Crippen LogP contribution < -0.4 is 0 Å². The normalized spacial score (nSPS) is 19.4. The Balaban J connectivity index is 2.13. The first-order chi connectivity index (χ1) is 6.54. The summed E-state index contributed by atoms with van der Waals surface area (Å²) in [5.74, 6) is 0. The summed E-state index contributed by atoms with van der Waals surface area (Å²) in [6.45, 7) is 0. The minimum Gasteiger partial charge on any atom is -0.250 e. The highest BCUT2D eigenvalue weighted by Crippen LogP contribution is 2.60. The Morgan fingerprint density at radius 2 is 2.00 bits per heavy atom. The van der Waals surface area contributed by atoms with Crippen molar-refractivity contribution in [2.24, 2.45) is 0 Å². The summed E-state index contributed by atoms with van der Waals surface area (Å²) in [7, 11) is 0. The number of hydrogen-bond acceptors (Lipinski definition) is 2. The summed E-state index contributed by atoms with van der Waals surface area (Å²) in [6.07, 6.45) is -2.19. The fourth-order valence-corrected chi connectivity index (χ4v) is 2.25. The van der Waals surface area contributed by atoms with Gasteiger partial charge in [-0.3, -0.25) is 0 Å². The molecule has 1 aromatic heterocycles. The second-order valence-electron chi connectivity index (χ2n) is 3.26. The lowest BCUT2D eigenvalue weighted by Gasteiger charge is -2.17. The van der Waals surface area contributed by atoms with Crippen molar-refractivity contribution >= 4 is 11.8 Å². The zero-order valence-corrected chi connectivity index (χ0v) is 8.03. The molecule has 1 nitrogen and oxygen atoms in total. The van der Waals surface area contributed by atoms with Crippen LogP contribution in [-0.4, -0.2) is 15.9 Å². The van der Waals surface area contributed by atoms with E-state index in [9.17, 15) is 13.2 Å². The average molecular weight is 219 g/mol. The van der Waals surface area contributed by atoms with Crippen molar-refractivity contribution < 1.29 is 13.2 Å². The molecule has 5 heteroatoms. The number of rotatable bonds is 2. The maximum atomic E-state index is 12.5. The van der Waals surface area contributed by atoms with Crippen LogP contribution in [0.15, 0.2) is 29.4 Å². The molecule has 0 aromatic carbocycles. The minimum atomic E-state index is -4.12. The van der Waals surface area contributed by atoms with Gasteiger partial charge in [-0.2, -0.15) is 13.2 Å². The highest BCUT2D eigenvalue weighted by atomic mass is 32.2. The van der Waals surface area contributed by atoms with Crippen LogP contribution in [0.2, 0.25) is 0 Å². The monoisotopic (exact) mass is 219 g/mol. The van der Waals surface area contributed by atoms with E-state index in [2.05, 4.69) is 4.98 Å². The smallest absolute Gasteiger partial charge is 0.250 e. The zero-order chi connectivity index (χ0) is 10.2. The van der Waals surface area contributed by atoms with Crippen LogP contribution in [0, 0.1) is 0 Å². The van der Waals surface area contributed by atoms with E-state index in [0.717, 1.165) is 11.8 Å². The predicted molar refractivity (Wildman–Crippen MR) is 48.1 cm³/mol. The molecule has 76 valence electrons. The first-order valence-corrected chi connectivity index (χ1v) is 5.02. The Kier molecular flexibility index (Phi) is 2.21. The number of alkyl halides is 3. The summed E-state index contributed by atoms with van der Waals surface area (Å²) in [5, 5.41) is 0.447. The molecule has 1 aromatic rings. The molecule has 0 radical (unpaired) electrons. The number of aromatic nitrogens is 1. The lowest BCUT2D eigenvalue weighted by molar-refractivity contribution is -0.135. The summed E-state index contributed by atoms with van der Waals surface area (Å²) < 4.78 is 36.0. The van der Waals surface area contributed by atoms with E-state index in [0.29, 0.717) is 5.03 Å². The third kappa shape index (κ3) is 1.73. The van der Waals surface area contributed by atoms with Crippen LogP contribution in [0.25, 0.3) is 0 Å². The fourth-order valence-electron chi connectivity index (χ4n) is 1.16. The molecule has 1 aliphatic rings. The molecule has 0 amide bonds. The summed E-state index contributed by atoms with van der Waals surface area (Å²) in [6, 6.07) is 5.00. The standard InChI is InChI=1S/C9H8F3NS/c10-9(11,12)8(4-5-8)14-7-3-1-2-6-13-7/h1-3,6H,4-5H2. The van der Waals surface area contributed by atoms with Crippen LogP contribution in [0.3, 0.4) is 0 Å². The molecule has 0 N–H and O–H groups in total. The third-order valence-electron chi connectivity index (χ3n) is 2.16. The Labute approximate surface area is 83.7 Å². The zero-order valence-electron chi connectivity index (χ0n) is 7.21. The van der Waals surface area contributed by atoms with Gasteiger partial charge in [0.05, 0.1) is 5.03 Å². The Morgan fingerprint density at radius 1 is 1.29 bits per heavy atom. The van der Waals surface area contributed by atoms with Crippen LogP contribution in [0.5, 0.6) is 0 Å². The Bertz CT molecular complexity index is 319. The van der Waals surface area contributed by atoms with Gasteiger partial charge in [0.15, 0.2) is 0 Å². The molecule has 1 saturated carbocycles. The topological polar surface area (TPSA) is 12.9 Å². The largest absolute Gasteiger partial charge is 0.403 e. The molecule has 14 heavy (non-hydrogen) atoms. The Hall–Kier alpha value is -0.710. The van der Waals surface area contributed by atoms with Crippen molar-refractivity contribution in [1.82, 2.24) is 4.98 Å². The molecule has 0 spiro atoms. The summed E-state index contributed by atoms with van der Waals surface area (Å²) >= 11 is 0.828. The molecule has 0 unspecified atom stereocenters. The lowest BCUT2D eigenvalue weighted by Crippen LogP contribution is -2.27. The van der Waals surface area contributed by atoms with Gasteiger partial charge in [-0.1, -0.05) is 17.8 Å². The van der Waals surface area contributed by atoms with Gasteiger partial charge in [0, 0.05) is 6.20 Å². The van der Waals surface area contributed by atoms with Crippen molar-refractivity contribution in [3.63, 3.8) is 0 Å². The van der Waals surface area contributed by atoms with Crippen molar-refractivity contribution in [2.75, 3.05) is 0 Å². The average Bonchev–Trinajstić information content (AvgIpc) is 2.86. The highest BCUT2D eigenvalue weighted by molar-refractivity contribution is 8.01. The maximum absolute atomic E-state index is 12.5. The third-order valence-corrected chi connectivity index (χ3v) is 3.64. The van der Waals surface area contributed by atoms with Gasteiger partial charge in [0.2, 0.25) is 0 Å². The number of hydrogen-bond donors (Lipinski definition) is 0. The summed E-state index contributed by atoms with van der Waals surface area (Å²) in [4.78, 5) is 3.88. The second kappa shape index (κ2) is 3.15. The second-order valence-corrected chi connectivity index (χ2v) is 4.67. The summed E-state index contributed by atoms with van der Waals surface area (Å²) in [5.41, 5.74) is 0. The highest BCUT2D eigenvalue weighted by Gasteiger charge is 2.64. The first-order valence-electron chi connectivity index (χ1n) is 4.20. The van der Waals surface area contributed by atoms with Gasteiger partial charge >= 0.3 is 6.18 Å². The molecule has 0 aliphatic heterocycles. The quantitative estimate of drug-likeness (QED) is 0.757. The van der Waals surface area contributed by atoms with Crippen LogP contribution >= 0.6 is 11.8 Å². The Morgan fingerprint density at radius 3 is 2.43 bits per heavy atom. The first kappa shape index (κ1) is 9.83. The van der Waals surface area contributed by atoms with Gasteiger partial charge in [-0.15, -0.1) is 0 Å². The van der Waals surface area contributed by atoms with Gasteiger partial charge in [-0.25, -0.2) is 4.98 Å². The van der Waals surface area contributed by atoms with Crippen molar-refractivity contribution in [3.8, 4) is 0 Å². The minimum absolute atomic E-state index is 0.206. The number of pyridine rings is 1. The van der Waals surface area contributed by atoms with Crippen LogP contribution in [-0.2, 0) is 0 Å². The van der Waals surface area contributed by atoms with E-state index in [4.69, 9.17) is 0 Å². The predicted octanol–water partition coefficient (Wildman–Crippen LogP) is 3.27. The van der Waals surface area contributed by atoms with Crippen molar-refractivity contribution in [2.45, 2.75) is 28.8 Å². The molecule has 0 saturated heterocycles. The van der Waals surface area contributed by atoms with Crippen LogP contribution in [0.4, 0.5) is 13.2 Å². The number of nitrogens with zero attached hydrogens (tertiary/aromatic N) is 1. The molecule has 1 heterocycles. The number of thioether (sulfide) groups is 1. The SMILES string of the molecule is FC(F)(F)C1(Sc2ccccn2)CC1. The molecule has 0 bridgehead atoms. The maximum Gasteiger partial charge on any atom is 0.403 e. The van der Waals surface area contributed by atoms with E-state index in [1.54, 1.807) is 18.2 Å². The molecule has 2 rings (SSSR count). The van der Waals surface area contributed by atoms with E-state index in [1.807, 2.05) is 0 Å². The van der Waals surface area contributed by atoms with Crippen LogP contribution in [0.1, 0.15) is 12.8 Å². The van der Waals surface area contributed by atoms with E-state index in [-0.39, 0.29) is 12.8 Å². The van der Waals surface area contributed by atoms with E-state index in [1.165, 1.54) is 6.20 Å². The van der Waals surface area contributed by atoms with Gasteiger partial charge in [-0.05, 0) is 25.0 Å². The molecular formula is C9H8F3NS. The molecule has 1 fully saturated rings. The molecule has 1 aliphatic carbocycles.